The van der Waals surface area contributed by atoms with E-state index in [4.69, 9.17) is 9.84 Å². The highest BCUT2D eigenvalue weighted by Crippen LogP contribution is 2.38. The zero-order chi connectivity index (χ0) is 13.5. The van der Waals surface area contributed by atoms with E-state index in [1.807, 2.05) is 0 Å². The van der Waals surface area contributed by atoms with Gasteiger partial charge in [-0.15, -0.1) is 0 Å². The van der Waals surface area contributed by atoms with Crippen LogP contribution >= 0.6 is 0 Å². The zero-order valence-electron chi connectivity index (χ0n) is 10.1. The molecule has 6 nitrogen and oxygen atoms in total. The Morgan fingerprint density at radius 1 is 1.67 bits per heavy atom. The lowest BCUT2D eigenvalue weighted by Crippen LogP contribution is -2.33. The minimum absolute atomic E-state index is 0.0520. The van der Waals surface area contributed by atoms with Crippen molar-refractivity contribution in [1.82, 2.24) is 9.55 Å². The number of hydrogen-bond donors (Lipinski definition) is 2. The van der Waals surface area contributed by atoms with Crippen molar-refractivity contribution in [2.45, 2.75) is 38.3 Å². The number of nitrogens with one attached hydrogen (secondary N) is 1. The largest absolute Gasteiger partial charge is 0.394 e. The summed E-state index contributed by atoms with van der Waals surface area (Å²) in [5.74, 6) is 0. The van der Waals surface area contributed by atoms with Crippen LogP contribution in [0.5, 0.6) is 0 Å². The van der Waals surface area contributed by atoms with E-state index < -0.39 is 35.9 Å². The molecule has 18 heavy (non-hydrogen) atoms. The Morgan fingerprint density at radius 2 is 2.33 bits per heavy atom. The van der Waals surface area contributed by atoms with E-state index >= 15 is 0 Å². The number of aliphatic hydroxyl groups is 1. The fourth-order valence-corrected chi connectivity index (χ4v) is 2.05. The van der Waals surface area contributed by atoms with Gasteiger partial charge in [0.15, 0.2) is 0 Å². The predicted octanol–water partition coefficient (Wildman–Crippen LogP) is -0.147. The third-order valence-corrected chi connectivity index (χ3v) is 3.19. The second-order valence-electron chi connectivity index (χ2n) is 4.72. The highest BCUT2D eigenvalue weighted by molar-refractivity contribution is 5.03. The minimum Gasteiger partial charge on any atom is -0.394 e. The van der Waals surface area contributed by atoms with Crippen LogP contribution in [0.1, 0.15) is 25.1 Å². The Kier molecular flexibility index (Phi) is 3.12. The first kappa shape index (κ1) is 13.0. The molecule has 0 spiro atoms. The van der Waals surface area contributed by atoms with Crippen LogP contribution in [0.15, 0.2) is 15.8 Å². The molecule has 0 saturated carbocycles. The molecule has 2 heterocycles. The Hall–Kier alpha value is -1.47. The standard InChI is InChI=1S/C11H15FN2O4/c1-6-4-14(10(17)13-9(6)16)8-3-11(2,12)7(5-15)18-8/h4,7-8,15H,3,5H2,1-2H3,(H,13,16,17)/i12-1. The van der Waals surface area contributed by atoms with Gasteiger partial charge in [0.2, 0.25) is 0 Å². The molecule has 7 heteroatoms. The van der Waals surface area contributed by atoms with Crippen molar-refractivity contribution in [3.05, 3.63) is 32.6 Å². The molecule has 0 radical (unpaired) electrons. The monoisotopic (exact) mass is 257 g/mol. The Morgan fingerprint density at radius 3 is 2.89 bits per heavy atom. The predicted molar refractivity (Wildman–Crippen MR) is 61.2 cm³/mol. The number of hydrogen-bond acceptors (Lipinski definition) is 4. The van der Waals surface area contributed by atoms with Crippen molar-refractivity contribution in [2.24, 2.45) is 0 Å². The summed E-state index contributed by atoms with van der Waals surface area (Å²) >= 11 is 0. The number of aliphatic hydroxyl groups excluding tert-OH is 1. The van der Waals surface area contributed by atoms with Crippen LogP contribution in [0, 0.1) is 6.92 Å². The molecule has 1 fully saturated rings. The first-order valence-electron chi connectivity index (χ1n) is 5.62. The molecule has 0 bridgehead atoms. The molecule has 0 amide bonds. The number of nitrogens with zero attached hydrogens (tertiary/aromatic N) is 1. The summed E-state index contributed by atoms with van der Waals surface area (Å²) in [6.07, 6.45) is -0.507. The Bertz CT molecular complexity index is 563. The van der Waals surface area contributed by atoms with E-state index in [1.165, 1.54) is 13.1 Å². The second kappa shape index (κ2) is 4.33. The number of aryl methyl sites for hydroxylation is 1. The molecule has 0 aliphatic carbocycles. The van der Waals surface area contributed by atoms with Crippen molar-refractivity contribution in [3.8, 4) is 0 Å². The lowest BCUT2D eigenvalue weighted by Gasteiger charge is -2.17. The molecule has 2 rings (SSSR count). The van der Waals surface area contributed by atoms with E-state index in [1.54, 1.807) is 6.92 Å². The first-order valence-corrected chi connectivity index (χ1v) is 5.62. The summed E-state index contributed by atoms with van der Waals surface area (Å²) < 4.78 is 20.5. The third-order valence-electron chi connectivity index (χ3n) is 3.19. The number of ether oxygens (including phenoxy) is 1. The van der Waals surface area contributed by atoms with Crippen molar-refractivity contribution >= 4 is 0 Å². The maximum absolute atomic E-state index is 14.1. The average Bonchev–Trinajstić information content (AvgIpc) is 2.58. The van der Waals surface area contributed by atoms with Crippen molar-refractivity contribution in [3.63, 3.8) is 0 Å². The van der Waals surface area contributed by atoms with Gasteiger partial charge >= 0.3 is 5.69 Å². The maximum atomic E-state index is 14.1. The average molecular weight is 257 g/mol. The van der Waals surface area contributed by atoms with Gasteiger partial charge in [-0.1, -0.05) is 0 Å². The fraction of sp³-hybridized carbons (Fsp3) is 0.636. The molecule has 1 saturated heterocycles. The van der Waals surface area contributed by atoms with Gasteiger partial charge in [-0.25, -0.2) is 9.18 Å². The smallest absolute Gasteiger partial charge is 0.330 e. The number of aromatic amines is 1. The van der Waals surface area contributed by atoms with Crippen LogP contribution in [-0.4, -0.2) is 33.0 Å². The first-order chi connectivity index (χ1) is 8.35. The van der Waals surface area contributed by atoms with Gasteiger partial charge in [0.25, 0.3) is 5.56 Å². The normalized spacial score (nSPS) is 31.8. The van der Waals surface area contributed by atoms with Gasteiger partial charge in [0.05, 0.1) is 6.61 Å². The van der Waals surface area contributed by atoms with E-state index in [9.17, 15) is 14.0 Å². The number of alkyl halides is 1. The van der Waals surface area contributed by atoms with Crippen LogP contribution < -0.4 is 11.2 Å². The van der Waals surface area contributed by atoms with Crippen LogP contribution in [0.4, 0.5) is 4.39 Å². The summed E-state index contributed by atoms with van der Waals surface area (Å²) in [5.41, 5.74) is -2.49. The van der Waals surface area contributed by atoms with E-state index in [0.717, 1.165) is 4.57 Å². The summed E-state index contributed by atoms with van der Waals surface area (Å²) in [7, 11) is 0. The highest BCUT2D eigenvalue weighted by atomic mass is 18.2. The van der Waals surface area contributed by atoms with Gasteiger partial charge in [-0.2, -0.15) is 0 Å². The minimum atomic E-state index is -1.71. The summed E-state index contributed by atoms with van der Waals surface area (Å²) in [4.78, 5) is 25.0. The van der Waals surface area contributed by atoms with E-state index in [-0.39, 0.29) is 6.42 Å². The van der Waals surface area contributed by atoms with Crippen molar-refractivity contribution in [1.29, 1.82) is 0 Å². The fourth-order valence-electron chi connectivity index (χ4n) is 2.05. The summed E-state index contributed by atoms with van der Waals surface area (Å²) in [6, 6.07) is 0. The van der Waals surface area contributed by atoms with Gasteiger partial charge < -0.3 is 9.84 Å². The molecule has 1 aliphatic rings. The number of rotatable bonds is 2. The molecule has 3 atom stereocenters. The molecular formula is C11H15FN2O4. The van der Waals surface area contributed by atoms with Crippen LogP contribution in [0.3, 0.4) is 0 Å². The van der Waals surface area contributed by atoms with Crippen molar-refractivity contribution in [2.75, 3.05) is 6.61 Å². The number of aromatic nitrogens is 2. The SMILES string of the molecule is Cc1cn(C2CC(C)([18F])C(CO)O2)c(=O)[nH]c1=O. The van der Waals surface area contributed by atoms with Crippen LogP contribution in [0.2, 0.25) is 0 Å². The van der Waals surface area contributed by atoms with Gasteiger partial charge in [-0.3, -0.25) is 14.3 Å². The van der Waals surface area contributed by atoms with E-state index in [2.05, 4.69) is 4.98 Å². The van der Waals surface area contributed by atoms with Crippen molar-refractivity contribution < 1.29 is 14.2 Å². The molecule has 1 aliphatic heterocycles. The highest BCUT2D eigenvalue weighted by Gasteiger charge is 2.46. The van der Waals surface area contributed by atoms with Gasteiger partial charge in [-0.05, 0) is 13.8 Å². The van der Waals surface area contributed by atoms with Gasteiger partial charge in [0, 0.05) is 18.2 Å². The molecule has 3 unspecified atom stereocenters. The molecular weight excluding hydrogens is 242 g/mol. The molecule has 2 N–H and O–H groups in total. The molecule has 1 aromatic rings. The van der Waals surface area contributed by atoms with Crippen LogP contribution in [-0.2, 0) is 4.74 Å². The third kappa shape index (κ3) is 2.11. The quantitative estimate of drug-likeness (QED) is 0.772. The lowest BCUT2D eigenvalue weighted by atomic mass is 10.00. The van der Waals surface area contributed by atoms with Gasteiger partial charge in [0.1, 0.15) is 18.0 Å². The molecule has 100 valence electrons. The molecule has 0 aromatic carbocycles. The Labute approximate surface area is 102 Å². The Balaban J connectivity index is 2.38. The number of H-pyrrole nitrogens is 1. The van der Waals surface area contributed by atoms with Crippen LogP contribution in [0.25, 0.3) is 0 Å². The topological polar surface area (TPSA) is 84.3 Å². The lowest BCUT2D eigenvalue weighted by molar-refractivity contribution is -0.0519. The molecule has 1 aromatic heterocycles. The zero-order valence-corrected chi connectivity index (χ0v) is 10.1. The summed E-state index contributed by atoms with van der Waals surface area (Å²) in [6.45, 7) is 2.40. The second-order valence-corrected chi connectivity index (χ2v) is 4.72. The number of halogens is 1. The van der Waals surface area contributed by atoms with E-state index in [0.29, 0.717) is 5.56 Å². The maximum Gasteiger partial charge on any atom is 0.330 e. The summed E-state index contributed by atoms with van der Waals surface area (Å²) in [5, 5.41) is 9.02.